The van der Waals surface area contributed by atoms with Gasteiger partial charge in [-0.15, -0.1) is 0 Å². The Morgan fingerprint density at radius 1 is 1.04 bits per heavy atom. The summed E-state index contributed by atoms with van der Waals surface area (Å²) in [6.07, 6.45) is 1.64. The molecule has 4 heteroatoms. The summed E-state index contributed by atoms with van der Waals surface area (Å²) in [4.78, 5) is 11.8. The van der Waals surface area contributed by atoms with Crippen LogP contribution in [0.4, 0.5) is 0 Å². The number of carboxylic acids is 1. The number of benzene rings is 2. The Kier molecular flexibility index (Phi) is 5.86. The summed E-state index contributed by atoms with van der Waals surface area (Å²) in [5, 5.41) is 9.64. The summed E-state index contributed by atoms with van der Waals surface area (Å²) in [7, 11) is 1.58. The molecule has 132 valence electrons. The molecule has 1 N–H and O–H groups in total. The lowest BCUT2D eigenvalue weighted by Gasteiger charge is -2.14. The molecule has 0 aliphatic rings. The Bertz CT molecular complexity index is 804. The Morgan fingerprint density at radius 3 is 2.32 bits per heavy atom. The zero-order chi connectivity index (χ0) is 18.6. The molecule has 0 heterocycles. The van der Waals surface area contributed by atoms with Crippen LogP contribution in [0.2, 0.25) is 0 Å². The second kappa shape index (κ2) is 7.88. The molecule has 0 atom stereocenters. The molecule has 0 fully saturated rings. The van der Waals surface area contributed by atoms with Gasteiger partial charge in [0.05, 0.1) is 18.8 Å². The maximum absolute atomic E-state index is 11.8. The number of carbonyl (C=O) groups is 1. The number of methoxy groups -OCH3 is 1. The van der Waals surface area contributed by atoms with Crippen molar-refractivity contribution in [2.45, 2.75) is 33.8 Å². The number of aliphatic carboxylic acids is 1. The highest BCUT2D eigenvalue weighted by atomic mass is 16.5. The van der Waals surface area contributed by atoms with Gasteiger partial charge in [-0.3, -0.25) is 0 Å². The van der Waals surface area contributed by atoms with Crippen molar-refractivity contribution in [2.24, 2.45) is 0 Å². The minimum atomic E-state index is -0.967. The Morgan fingerprint density at radius 2 is 1.76 bits per heavy atom. The van der Waals surface area contributed by atoms with E-state index >= 15 is 0 Å². The summed E-state index contributed by atoms with van der Waals surface area (Å²) in [6.45, 7) is 7.84. The SMILES string of the molecule is COc1ccc(/C=C(\C(=O)O)c2ccc(C)c(C)c2)cc1OC(C)C. The van der Waals surface area contributed by atoms with E-state index in [0.29, 0.717) is 17.1 Å². The van der Waals surface area contributed by atoms with Gasteiger partial charge in [-0.1, -0.05) is 24.3 Å². The van der Waals surface area contributed by atoms with Gasteiger partial charge in [0.2, 0.25) is 0 Å². The van der Waals surface area contributed by atoms with E-state index in [9.17, 15) is 9.90 Å². The van der Waals surface area contributed by atoms with Crippen molar-refractivity contribution in [1.82, 2.24) is 0 Å². The predicted molar refractivity (Wildman–Crippen MR) is 100 cm³/mol. The van der Waals surface area contributed by atoms with Crippen LogP contribution < -0.4 is 9.47 Å². The van der Waals surface area contributed by atoms with Gasteiger partial charge in [0.25, 0.3) is 0 Å². The Balaban J connectivity index is 2.49. The molecule has 25 heavy (non-hydrogen) atoms. The topological polar surface area (TPSA) is 55.8 Å². The van der Waals surface area contributed by atoms with Gasteiger partial charge in [-0.2, -0.15) is 0 Å². The van der Waals surface area contributed by atoms with E-state index in [4.69, 9.17) is 9.47 Å². The fourth-order valence-electron chi connectivity index (χ4n) is 2.47. The van der Waals surface area contributed by atoms with Crippen LogP contribution in [-0.4, -0.2) is 24.3 Å². The van der Waals surface area contributed by atoms with E-state index in [2.05, 4.69) is 0 Å². The van der Waals surface area contributed by atoms with Crippen molar-refractivity contribution in [3.63, 3.8) is 0 Å². The summed E-state index contributed by atoms with van der Waals surface area (Å²) in [5.74, 6) is 0.246. The predicted octanol–water partition coefficient (Wildman–Crippen LogP) is 4.72. The van der Waals surface area contributed by atoms with Crippen molar-refractivity contribution in [2.75, 3.05) is 7.11 Å². The van der Waals surface area contributed by atoms with E-state index in [1.54, 1.807) is 25.3 Å². The monoisotopic (exact) mass is 340 g/mol. The summed E-state index contributed by atoms with van der Waals surface area (Å²) >= 11 is 0. The highest BCUT2D eigenvalue weighted by Gasteiger charge is 2.13. The average Bonchev–Trinajstić information content (AvgIpc) is 2.55. The van der Waals surface area contributed by atoms with Gasteiger partial charge in [0.15, 0.2) is 11.5 Å². The number of carboxylic acid groups (broad SMARTS) is 1. The molecule has 0 aromatic heterocycles. The highest BCUT2D eigenvalue weighted by Crippen LogP contribution is 2.31. The van der Waals surface area contributed by atoms with Gasteiger partial charge in [-0.25, -0.2) is 4.79 Å². The minimum Gasteiger partial charge on any atom is -0.493 e. The fourth-order valence-corrected chi connectivity index (χ4v) is 2.47. The molecule has 0 saturated heterocycles. The summed E-state index contributed by atoms with van der Waals surface area (Å²) in [5.41, 5.74) is 3.85. The summed E-state index contributed by atoms with van der Waals surface area (Å²) in [6, 6.07) is 11.0. The lowest BCUT2D eigenvalue weighted by Crippen LogP contribution is -2.07. The van der Waals surface area contributed by atoms with Crippen molar-refractivity contribution < 1.29 is 19.4 Å². The number of aryl methyl sites for hydroxylation is 2. The quantitative estimate of drug-likeness (QED) is 0.610. The molecule has 0 unspecified atom stereocenters. The van der Waals surface area contributed by atoms with Crippen LogP contribution in [0.25, 0.3) is 11.6 Å². The molecule has 2 aromatic carbocycles. The van der Waals surface area contributed by atoms with E-state index in [1.807, 2.05) is 52.0 Å². The third-order valence-corrected chi connectivity index (χ3v) is 3.91. The van der Waals surface area contributed by atoms with Gasteiger partial charge >= 0.3 is 5.97 Å². The zero-order valence-corrected chi connectivity index (χ0v) is 15.3. The van der Waals surface area contributed by atoms with Crippen LogP contribution in [0.1, 0.15) is 36.1 Å². The lowest BCUT2D eigenvalue weighted by atomic mass is 9.98. The van der Waals surface area contributed by atoms with Gasteiger partial charge in [0.1, 0.15) is 0 Å². The fraction of sp³-hybridized carbons (Fsp3) is 0.286. The van der Waals surface area contributed by atoms with E-state index in [1.165, 1.54) is 0 Å². The van der Waals surface area contributed by atoms with Crippen LogP contribution in [0.5, 0.6) is 11.5 Å². The second-order valence-electron chi connectivity index (χ2n) is 6.24. The van der Waals surface area contributed by atoms with Crippen LogP contribution in [-0.2, 0) is 4.79 Å². The van der Waals surface area contributed by atoms with Crippen LogP contribution in [0.15, 0.2) is 36.4 Å². The van der Waals surface area contributed by atoms with Crippen LogP contribution >= 0.6 is 0 Å². The molecular formula is C21H24O4. The zero-order valence-electron chi connectivity index (χ0n) is 15.3. The minimum absolute atomic E-state index is 0.00757. The maximum atomic E-state index is 11.8. The van der Waals surface area contributed by atoms with E-state index in [0.717, 1.165) is 16.7 Å². The molecule has 0 aliphatic heterocycles. The first-order valence-corrected chi connectivity index (χ1v) is 8.19. The number of hydrogen-bond acceptors (Lipinski definition) is 3. The van der Waals surface area contributed by atoms with Gasteiger partial charge < -0.3 is 14.6 Å². The number of ether oxygens (including phenoxy) is 2. The van der Waals surface area contributed by atoms with Crippen LogP contribution in [0.3, 0.4) is 0 Å². The standard InChI is InChI=1S/C21H24O4/c1-13(2)25-20-12-16(7-9-19(20)24-5)11-18(21(22)23)17-8-6-14(3)15(4)10-17/h6-13H,1-5H3,(H,22,23)/b18-11-. The third kappa shape index (κ3) is 4.63. The smallest absolute Gasteiger partial charge is 0.336 e. The second-order valence-corrected chi connectivity index (χ2v) is 6.24. The van der Waals surface area contributed by atoms with Crippen molar-refractivity contribution >= 4 is 17.6 Å². The molecule has 0 aliphatic carbocycles. The van der Waals surface area contributed by atoms with Gasteiger partial charge in [0, 0.05) is 0 Å². The first-order valence-electron chi connectivity index (χ1n) is 8.19. The molecule has 4 nitrogen and oxygen atoms in total. The first kappa shape index (κ1) is 18.6. The largest absolute Gasteiger partial charge is 0.493 e. The van der Waals surface area contributed by atoms with Gasteiger partial charge in [-0.05, 0) is 68.2 Å². The number of rotatable bonds is 6. The molecule has 0 spiro atoms. The van der Waals surface area contributed by atoms with E-state index < -0.39 is 5.97 Å². The van der Waals surface area contributed by atoms with Crippen molar-refractivity contribution in [3.8, 4) is 11.5 Å². The first-order chi connectivity index (χ1) is 11.8. The van der Waals surface area contributed by atoms with Crippen LogP contribution in [0, 0.1) is 13.8 Å². The summed E-state index contributed by atoms with van der Waals surface area (Å²) < 4.78 is 11.1. The highest BCUT2D eigenvalue weighted by molar-refractivity contribution is 6.20. The Hall–Kier alpha value is -2.75. The molecule has 2 aromatic rings. The molecule has 2 rings (SSSR count). The molecule has 0 saturated carbocycles. The molecule has 0 bridgehead atoms. The molecule has 0 radical (unpaired) electrons. The van der Waals surface area contributed by atoms with Crippen molar-refractivity contribution in [1.29, 1.82) is 0 Å². The normalized spacial score (nSPS) is 11.5. The van der Waals surface area contributed by atoms with E-state index in [-0.39, 0.29) is 11.7 Å². The third-order valence-electron chi connectivity index (χ3n) is 3.91. The molecule has 0 amide bonds. The number of hydrogen-bond donors (Lipinski definition) is 1. The Labute approximate surface area is 148 Å². The average molecular weight is 340 g/mol. The maximum Gasteiger partial charge on any atom is 0.336 e. The lowest BCUT2D eigenvalue weighted by molar-refractivity contribution is -0.130. The molecular weight excluding hydrogens is 316 g/mol. The van der Waals surface area contributed by atoms with Crippen molar-refractivity contribution in [3.05, 3.63) is 58.7 Å².